The van der Waals surface area contributed by atoms with Gasteiger partial charge in [-0.1, -0.05) is 53.6 Å². The monoisotopic (exact) mass is 226 g/mol. The molecule has 0 heterocycles. The van der Waals surface area contributed by atoms with Crippen LogP contribution in [-0.4, -0.2) is 0 Å². The minimum Gasteiger partial charge on any atom is -0.0810 e. The fourth-order valence-electron chi connectivity index (χ4n) is 2.31. The molecule has 0 saturated carbocycles. The predicted octanol–water partition coefficient (Wildman–Crippen LogP) is 4.84. The van der Waals surface area contributed by atoms with Gasteiger partial charge in [0.1, 0.15) is 0 Å². The third-order valence-corrected chi connectivity index (χ3v) is 3.53. The maximum atomic E-state index is 2.38. The summed E-state index contributed by atoms with van der Waals surface area (Å²) in [6.07, 6.45) is 12.1. The van der Waals surface area contributed by atoms with Gasteiger partial charge in [0.15, 0.2) is 0 Å². The van der Waals surface area contributed by atoms with Crippen molar-refractivity contribution in [3.63, 3.8) is 0 Å². The van der Waals surface area contributed by atoms with Crippen molar-refractivity contribution >= 4 is 0 Å². The Labute approximate surface area is 105 Å². The van der Waals surface area contributed by atoms with Crippen molar-refractivity contribution < 1.29 is 0 Å². The van der Waals surface area contributed by atoms with E-state index in [2.05, 4.69) is 56.3 Å². The predicted molar refractivity (Wildman–Crippen MR) is 75.1 cm³/mol. The zero-order valence-corrected chi connectivity index (χ0v) is 10.9. The van der Waals surface area contributed by atoms with Gasteiger partial charge in [-0.25, -0.2) is 0 Å². The Morgan fingerprint density at radius 3 is 2.53 bits per heavy atom. The Kier molecular flexibility index (Phi) is 4.19. The van der Waals surface area contributed by atoms with Crippen LogP contribution in [0.15, 0.2) is 48.1 Å². The molecule has 1 unspecified atom stereocenters. The molecule has 1 aromatic carbocycles. The van der Waals surface area contributed by atoms with Crippen LogP contribution in [0.2, 0.25) is 0 Å². The van der Waals surface area contributed by atoms with Crippen LogP contribution in [0.1, 0.15) is 37.3 Å². The van der Waals surface area contributed by atoms with E-state index in [1.54, 1.807) is 0 Å². The molecule has 2 rings (SSSR count). The largest absolute Gasteiger partial charge is 0.0810 e. The first-order chi connectivity index (χ1) is 8.24. The lowest BCUT2D eigenvalue weighted by Crippen LogP contribution is -2.00. The van der Waals surface area contributed by atoms with E-state index in [-0.39, 0.29) is 0 Å². The summed E-state index contributed by atoms with van der Waals surface area (Å²) in [5.74, 6) is 0.768. The first kappa shape index (κ1) is 12.2. The van der Waals surface area contributed by atoms with E-state index in [0.29, 0.717) is 0 Å². The highest BCUT2D eigenvalue weighted by molar-refractivity contribution is 5.22. The van der Waals surface area contributed by atoms with Crippen LogP contribution in [0.25, 0.3) is 0 Å². The highest BCUT2D eigenvalue weighted by Gasteiger charge is 2.06. The number of hydrogen-bond donors (Lipinski definition) is 0. The van der Waals surface area contributed by atoms with Crippen LogP contribution in [0.4, 0.5) is 0 Å². The molecule has 0 nitrogen and oxygen atoms in total. The van der Waals surface area contributed by atoms with Crippen LogP contribution < -0.4 is 0 Å². The summed E-state index contributed by atoms with van der Waals surface area (Å²) in [4.78, 5) is 0. The fraction of sp³-hybridized carbons (Fsp3) is 0.412. The second-order valence-electron chi connectivity index (χ2n) is 5.18. The normalized spacial score (nSPS) is 19.2. The van der Waals surface area contributed by atoms with Gasteiger partial charge in [0.2, 0.25) is 0 Å². The van der Waals surface area contributed by atoms with E-state index >= 15 is 0 Å². The molecule has 0 radical (unpaired) electrons. The van der Waals surface area contributed by atoms with Gasteiger partial charge in [-0.15, -0.1) is 0 Å². The standard InChI is InChI=1S/C17H22/c1-14-6-10-16(11-7-14)4-3-5-17-12-8-15(2)9-13-17/h6-12,17H,3-5,13H2,1-2H3. The second kappa shape index (κ2) is 5.86. The molecule has 1 aliphatic rings. The molecule has 0 saturated heterocycles. The molecule has 1 aliphatic carbocycles. The van der Waals surface area contributed by atoms with Crippen LogP contribution in [0.3, 0.4) is 0 Å². The zero-order valence-electron chi connectivity index (χ0n) is 10.9. The molecule has 0 aliphatic heterocycles. The van der Waals surface area contributed by atoms with Crippen molar-refractivity contribution in [3.05, 3.63) is 59.2 Å². The summed E-state index contributed by atoms with van der Waals surface area (Å²) in [7, 11) is 0. The van der Waals surface area contributed by atoms with Gasteiger partial charge >= 0.3 is 0 Å². The quantitative estimate of drug-likeness (QED) is 0.689. The lowest BCUT2D eigenvalue weighted by Gasteiger charge is -2.14. The number of aryl methyl sites for hydroxylation is 2. The zero-order chi connectivity index (χ0) is 12.1. The van der Waals surface area contributed by atoms with Gasteiger partial charge in [-0.2, -0.15) is 0 Å². The van der Waals surface area contributed by atoms with Crippen molar-refractivity contribution in [2.24, 2.45) is 5.92 Å². The number of benzene rings is 1. The number of rotatable bonds is 4. The van der Waals surface area contributed by atoms with Crippen LogP contribution in [0, 0.1) is 12.8 Å². The maximum Gasteiger partial charge on any atom is -0.0195 e. The van der Waals surface area contributed by atoms with Crippen molar-refractivity contribution in [3.8, 4) is 0 Å². The minimum atomic E-state index is 0.768. The number of hydrogen-bond acceptors (Lipinski definition) is 0. The fourth-order valence-corrected chi connectivity index (χ4v) is 2.31. The first-order valence-electron chi connectivity index (χ1n) is 6.64. The molecule has 17 heavy (non-hydrogen) atoms. The summed E-state index contributed by atoms with van der Waals surface area (Å²) in [5, 5.41) is 0. The molecule has 0 bridgehead atoms. The Balaban J connectivity index is 1.73. The number of allylic oxidation sites excluding steroid dienone is 4. The van der Waals surface area contributed by atoms with Gasteiger partial charge in [0.25, 0.3) is 0 Å². The Hall–Kier alpha value is -1.30. The lowest BCUT2D eigenvalue weighted by molar-refractivity contribution is 0.561. The first-order valence-corrected chi connectivity index (χ1v) is 6.64. The van der Waals surface area contributed by atoms with Crippen molar-refractivity contribution in [1.82, 2.24) is 0 Å². The summed E-state index contributed by atoms with van der Waals surface area (Å²) < 4.78 is 0. The van der Waals surface area contributed by atoms with Crippen LogP contribution in [-0.2, 0) is 6.42 Å². The highest BCUT2D eigenvalue weighted by Crippen LogP contribution is 2.21. The van der Waals surface area contributed by atoms with E-state index in [0.717, 1.165) is 5.92 Å². The van der Waals surface area contributed by atoms with Gasteiger partial charge in [0.05, 0.1) is 0 Å². The van der Waals surface area contributed by atoms with E-state index in [1.807, 2.05) is 0 Å². The average molecular weight is 226 g/mol. The molecular formula is C17H22. The van der Waals surface area contributed by atoms with Gasteiger partial charge < -0.3 is 0 Å². The molecule has 0 amide bonds. The smallest absolute Gasteiger partial charge is 0.0195 e. The van der Waals surface area contributed by atoms with Gasteiger partial charge in [0, 0.05) is 0 Å². The molecule has 0 heteroatoms. The third-order valence-electron chi connectivity index (χ3n) is 3.53. The van der Waals surface area contributed by atoms with E-state index in [9.17, 15) is 0 Å². The second-order valence-corrected chi connectivity index (χ2v) is 5.18. The SMILES string of the molecule is CC1=CCC(CCCc2ccc(C)cc2)C=C1. The molecule has 1 aromatic rings. The molecule has 0 N–H and O–H groups in total. The topological polar surface area (TPSA) is 0 Å². The lowest BCUT2D eigenvalue weighted by atomic mass is 9.92. The van der Waals surface area contributed by atoms with Crippen LogP contribution >= 0.6 is 0 Å². The molecular weight excluding hydrogens is 204 g/mol. The third kappa shape index (κ3) is 3.89. The average Bonchev–Trinajstić information content (AvgIpc) is 2.34. The molecule has 0 spiro atoms. The van der Waals surface area contributed by atoms with Crippen molar-refractivity contribution in [1.29, 1.82) is 0 Å². The Morgan fingerprint density at radius 2 is 1.88 bits per heavy atom. The summed E-state index contributed by atoms with van der Waals surface area (Å²) in [6, 6.07) is 8.94. The van der Waals surface area contributed by atoms with Gasteiger partial charge in [-0.3, -0.25) is 0 Å². The minimum absolute atomic E-state index is 0.768. The van der Waals surface area contributed by atoms with E-state index in [4.69, 9.17) is 0 Å². The molecule has 0 aromatic heterocycles. The van der Waals surface area contributed by atoms with Crippen molar-refractivity contribution in [2.45, 2.75) is 39.5 Å². The Morgan fingerprint density at radius 1 is 1.12 bits per heavy atom. The molecule has 0 fully saturated rings. The summed E-state index contributed by atoms with van der Waals surface area (Å²) >= 11 is 0. The van der Waals surface area contributed by atoms with Crippen molar-refractivity contribution in [2.75, 3.05) is 0 Å². The molecule has 90 valence electrons. The molecule has 1 atom stereocenters. The summed E-state index contributed by atoms with van der Waals surface area (Å²) in [6.45, 7) is 4.32. The highest BCUT2D eigenvalue weighted by atomic mass is 14.1. The summed E-state index contributed by atoms with van der Waals surface area (Å²) in [5.41, 5.74) is 4.24. The Bertz CT molecular complexity index is 406. The van der Waals surface area contributed by atoms with E-state index in [1.165, 1.54) is 42.4 Å². The van der Waals surface area contributed by atoms with Crippen LogP contribution in [0.5, 0.6) is 0 Å². The van der Waals surface area contributed by atoms with E-state index < -0.39 is 0 Å². The maximum absolute atomic E-state index is 2.38. The van der Waals surface area contributed by atoms with Gasteiger partial charge in [-0.05, 0) is 51.0 Å².